The maximum Gasteiger partial charge on any atom is 0.330 e. The zero-order chi connectivity index (χ0) is 17.3. The number of rotatable bonds is 9. The molecule has 0 heterocycles. The Morgan fingerprint density at radius 1 is 1.26 bits per heavy atom. The Morgan fingerprint density at radius 3 is 2.43 bits per heavy atom. The second-order valence-electron chi connectivity index (χ2n) is 6.08. The Labute approximate surface area is 140 Å². The van der Waals surface area contributed by atoms with E-state index in [1.807, 2.05) is 30.3 Å². The molecule has 0 spiro atoms. The Hall–Kier alpha value is -1.43. The molecule has 0 aliphatic rings. The van der Waals surface area contributed by atoms with E-state index in [9.17, 15) is 4.79 Å². The number of ether oxygens (including phenoxy) is 1. The zero-order valence-electron chi connectivity index (χ0n) is 14.5. The third-order valence-corrected chi connectivity index (χ3v) is 7.49. The average molecular weight is 337 g/mol. The molecule has 0 radical (unpaired) electrons. The normalized spacial score (nSPS) is 13.7. The highest BCUT2D eigenvalue weighted by Gasteiger charge is 2.34. The van der Waals surface area contributed by atoms with E-state index in [2.05, 4.69) is 24.9 Å². The van der Waals surface area contributed by atoms with E-state index in [1.165, 1.54) is 0 Å². The third-order valence-electron chi connectivity index (χ3n) is 3.99. The van der Waals surface area contributed by atoms with Crippen molar-refractivity contribution in [2.24, 2.45) is 0 Å². The molecule has 1 atom stereocenters. The molecule has 1 rings (SSSR count). The number of hydrogen-bond donors (Lipinski definition) is 1. The first-order valence-corrected chi connectivity index (χ1v) is 11.2. The fraction of sp³-hybridized carbons (Fsp3) is 0.500. The van der Waals surface area contributed by atoms with Crippen molar-refractivity contribution in [2.75, 3.05) is 6.61 Å². The van der Waals surface area contributed by atoms with E-state index in [0.29, 0.717) is 18.2 Å². The molecule has 1 unspecified atom stereocenters. The molecule has 0 bridgehead atoms. The minimum atomic E-state index is -2.23. The number of esters is 1. The number of carbonyl (C=O) groups is 1. The monoisotopic (exact) mass is 336 g/mol. The zero-order valence-corrected chi connectivity index (χ0v) is 15.5. The van der Waals surface area contributed by atoms with Gasteiger partial charge in [0.25, 0.3) is 0 Å². The van der Waals surface area contributed by atoms with Crippen LogP contribution in [0.4, 0.5) is 0 Å². The summed E-state index contributed by atoms with van der Waals surface area (Å²) in [6, 6.07) is 10.00. The van der Waals surface area contributed by atoms with Crippen LogP contribution in [0.25, 0.3) is 0 Å². The summed E-state index contributed by atoms with van der Waals surface area (Å²) in [7, 11) is -2.23. The molecule has 0 saturated carbocycles. The quantitative estimate of drug-likeness (QED) is 0.246. The highest BCUT2D eigenvalue weighted by Crippen LogP contribution is 2.20. The van der Waals surface area contributed by atoms with Gasteiger partial charge in [-0.1, -0.05) is 68.4 Å². The van der Waals surface area contributed by atoms with Crippen LogP contribution in [0.5, 0.6) is 0 Å². The summed E-state index contributed by atoms with van der Waals surface area (Å²) in [5, 5.41) is 11.0. The molecular weight excluding hydrogens is 308 g/mol. The molecule has 1 aromatic rings. The summed E-state index contributed by atoms with van der Waals surface area (Å²) in [6.45, 7) is 8.42. The molecule has 0 aliphatic carbocycles. The van der Waals surface area contributed by atoms with Crippen LogP contribution in [-0.4, -0.2) is 32.0 Å². The van der Waals surface area contributed by atoms with Gasteiger partial charge < -0.3 is 4.74 Å². The molecule has 1 N–H and O–H groups in total. The second-order valence-corrected chi connectivity index (χ2v) is 10.4. The van der Waals surface area contributed by atoms with Crippen LogP contribution in [0, 0.1) is 0 Å². The topological polar surface area (TPSA) is 55.8 Å². The van der Waals surface area contributed by atoms with Crippen molar-refractivity contribution in [3.63, 3.8) is 0 Å². The molecule has 0 aromatic heterocycles. The Kier molecular flexibility index (Phi) is 8.23. The summed E-state index contributed by atoms with van der Waals surface area (Å²) in [5.74, 6) is -0.313. The third kappa shape index (κ3) is 5.60. The van der Waals surface area contributed by atoms with Crippen LogP contribution < -0.4 is 5.19 Å². The smallest absolute Gasteiger partial charge is 0.330 e. The lowest BCUT2D eigenvalue weighted by Crippen LogP contribution is -2.47. The lowest BCUT2D eigenvalue weighted by Gasteiger charge is -2.26. The predicted molar refractivity (Wildman–Crippen MR) is 95.3 cm³/mol. The van der Waals surface area contributed by atoms with Crippen molar-refractivity contribution in [1.82, 2.24) is 0 Å². The van der Waals surface area contributed by atoms with Crippen LogP contribution >= 0.6 is 0 Å². The SMILES string of the molecule is CCCCC(/C=C(/C(=O)OCC)[Si](C)(C)c1ccccc1)OO. The van der Waals surface area contributed by atoms with Gasteiger partial charge >= 0.3 is 5.97 Å². The fourth-order valence-electron chi connectivity index (χ4n) is 2.51. The first-order chi connectivity index (χ1) is 11.0. The van der Waals surface area contributed by atoms with Gasteiger partial charge in [0.05, 0.1) is 6.61 Å². The summed E-state index contributed by atoms with van der Waals surface area (Å²) in [6.07, 6.45) is 3.87. The largest absolute Gasteiger partial charge is 0.463 e. The van der Waals surface area contributed by atoms with Gasteiger partial charge in [0.15, 0.2) is 0 Å². The van der Waals surface area contributed by atoms with Crippen LogP contribution in [0.15, 0.2) is 41.6 Å². The van der Waals surface area contributed by atoms with Crippen molar-refractivity contribution >= 4 is 19.2 Å². The van der Waals surface area contributed by atoms with Crippen LogP contribution in [0.3, 0.4) is 0 Å². The summed E-state index contributed by atoms with van der Waals surface area (Å²) < 4.78 is 5.25. The van der Waals surface area contributed by atoms with Gasteiger partial charge in [0, 0.05) is 5.20 Å². The lowest BCUT2D eigenvalue weighted by atomic mass is 10.1. The molecule has 0 aliphatic heterocycles. The van der Waals surface area contributed by atoms with Crippen molar-refractivity contribution in [3.8, 4) is 0 Å². The molecule has 0 fully saturated rings. The fourth-order valence-corrected chi connectivity index (χ4v) is 5.03. The summed E-state index contributed by atoms with van der Waals surface area (Å²) >= 11 is 0. The maximum absolute atomic E-state index is 12.5. The standard InChI is InChI=1S/C18H28O4Si/c1-5-7-11-15(22-20)14-17(18(19)21-6-2)23(3,4)16-12-9-8-10-13-16/h8-10,12-15,20H,5-7,11H2,1-4H3/b17-14-. The van der Waals surface area contributed by atoms with E-state index in [1.54, 1.807) is 13.0 Å². The van der Waals surface area contributed by atoms with Gasteiger partial charge in [-0.25, -0.2) is 9.68 Å². The first kappa shape index (κ1) is 19.6. The summed E-state index contributed by atoms with van der Waals surface area (Å²) in [5.41, 5.74) is 0. The Balaban J connectivity index is 3.20. The van der Waals surface area contributed by atoms with E-state index < -0.39 is 14.2 Å². The molecule has 5 heteroatoms. The highest BCUT2D eigenvalue weighted by atomic mass is 28.3. The van der Waals surface area contributed by atoms with Gasteiger partial charge in [-0.05, 0) is 19.4 Å². The minimum Gasteiger partial charge on any atom is -0.463 e. The highest BCUT2D eigenvalue weighted by molar-refractivity contribution is 6.98. The molecule has 1 aromatic carbocycles. The minimum absolute atomic E-state index is 0.313. The average Bonchev–Trinajstić information content (AvgIpc) is 2.56. The number of benzene rings is 1. The molecule has 0 saturated heterocycles. The molecule has 0 amide bonds. The van der Waals surface area contributed by atoms with Crippen LogP contribution in [0.1, 0.15) is 33.1 Å². The first-order valence-electron chi connectivity index (χ1n) is 8.22. The van der Waals surface area contributed by atoms with Crippen LogP contribution in [0.2, 0.25) is 13.1 Å². The molecule has 128 valence electrons. The lowest BCUT2D eigenvalue weighted by molar-refractivity contribution is -0.267. The second kappa shape index (κ2) is 9.65. The van der Waals surface area contributed by atoms with Gasteiger partial charge in [0.1, 0.15) is 14.2 Å². The van der Waals surface area contributed by atoms with Crippen molar-refractivity contribution < 1.29 is 19.7 Å². The Morgan fingerprint density at radius 2 is 1.91 bits per heavy atom. The van der Waals surface area contributed by atoms with Gasteiger partial charge in [-0.15, -0.1) is 0 Å². The van der Waals surface area contributed by atoms with E-state index in [4.69, 9.17) is 9.99 Å². The number of carbonyl (C=O) groups excluding carboxylic acids is 1. The molecular formula is C18H28O4Si. The predicted octanol–water partition coefficient (Wildman–Crippen LogP) is 3.68. The maximum atomic E-state index is 12.5. The van der Waals surface area contributed by atoms with Crippen molar-refractivity contribution in [1.29, 1.82) is 0 Å². The van der Waals surface area contributed by atoms with Crippen molar-refractivity contribution in [2.45, 2.75) is 52.3 Å². The summed E-state index contributed by atoms with van der Waals surface area (Å²) in [4.78, 5) is 17.1. The molecule has 4 nitrogen and oxygen atoms in total. The van der Waals surface area contributed by atoms with E-state index in [0.717, 1.165) is 18.0 Å². The van der Waals surface area contributed by atoms with Gasteiger partial charge in [-0.2, -0.15) is 0 Å². The van der Waals surface area contributed by atoms with Crippen LogP contribution in [-0.2, 0) is 14.4 Å². The van der Waals surface area contributed by atoms with Crippen molar-refractivity contribution in [3.05, 3.63) is 41.6 Å². The van der Waals surface area contributed by atoms with E-state index in [-0.39, 0.29) is 5.97 Å². The van der Waals surface area contributed by atoms with Gasteiger partial charge in [-0.3, -0.25) is 5.26 Å². The number of hydrogen-bond acceptors (Lipinski definition) is 4. The molecule has 23 heavy (non-hydrogen) atoms. The van der Waals surface area contributed by atoms with Gasteiger partial charge in [0.2, 0.25) is 0 Å². The van der Waals surface area contributed by atoms with E-state index >= 15 is 0 Å². The Bertz CT molecular complexity index is 511. The number of unbranched alkanes of at least 4 members (excludes halogenated alkanes) is 1.